The van der Waals surface area contributed by atoms with Crippen molar-refractivity contribution in [2.75, 3.05) is 6.61 Å². The van der Waals surface area contributed by atoms with Crippen LogP contribution in [0.1, 0.15) is 105 Å². The summed E-state index contributed by atoms with van der Waals surface area (Å²) in [4.78, 5) is 74.8. The summed E-state index contributed by atoms with van der Waals surface area (Å²) in [6.45, 7) is 8.60. The van der Waals surface area contributed by atoms with Gasteiger partial charge >= 0.3 is 17.9 Å². The number of aliphatic carboxylic acids is 1. The van der Waals surface area contributed by atoms with E-state index in [-0.39, 0.29) is 35.9 Å². The fourth-order valence-corrected chi connectivity index (χ4v) is 8.96. The largest absolute Gasteiger partial charge is 0.480 e. The lowest BCUT2D eigenvalue weighted by molar-refractivity contribution is -0.191. The van der Waals surface area contributed by atoms with Crippen LogP contribution in [0.15, 0.2) is 11.6 Å². The Morgan fingerprint density at radius 2 is 1.72 bits per heavy atom. The van der Waals surface area contributed by atoms with Gasteiger partial charge in [0.2, 0.25) is 11.7 Å². The zero-order chi connectivity index (χ0) is 31.7. The topological polar surface area (TPSA) is 153 Å². The number of Topliss-reactive ketones (excluding diaryl/α,β-unsaturated/α-hetero) is 1. The first kappa shape index (κ1) is 32.9. The Morgan fingerprint density at radius 1 is 1.02 bits per heavy atom. The zero-order valence-electron chi connectivity index (χ0n) is 26.2. The minimum Gasteiger partial charge on any atom is -0.480 e. The molecule has 10 nitrogen and oxygen atoms in total. The molecule has 0 heterocycles. The van der Waals surface area contributed by atoms with Gasteiger partial charge in [0, 0.05) is 25.2 Å². The van der Waals surface area contributed by atoms with Gasteiger partial charge in [-0.25, -0.2) is 4.79 Å². The Bertz CT molecular complexity index is 1210. The van der Waals surface area contributed by atoms with E-state index in [2.05, 4.69) is 12.2 Å². The fourth-order valence-electron chi connectivity index (χ4n) is 8.96. The predicted molar refractivity (Wildman–Crippen MR) is 155 cm³/mol. The van der Waals surface area contributed by atoms with Gasteiger partial charge in [-0.1, -0.05) is 39.7 Å². The van der Waals surface area contributed by atoms with Gasteiger partial charge < -0.3 is 19.9 Å². The Balaban J connectivity index is 1.42. The summed E-state index contributed by atoms with van der Waals surface area (Å²) in [5, 5.41) is 11.8. The number of hydrogen-bond acceptors (Lipinski definition) is 8. The van der Waals surface area contributed by atoms with Gasteiger partial charge in [-0.15, -0.1) is 0 Å². The summed E-state index contributed by atoms with van der Waals surface area (Å²) in [5.41, 5.74) is -0.799. The van der Waals surface area contributed by atoms with Gasteiger partial charge in [-0.2, -0.15) is 0 Å². The number of ketones is 2. The van der Waals surface area contributed by atoms with Crippen LogP contribution in [0.5, 0.6) is 0 Å². The maximum absolute atomic E-state index is 13.9. The average Bonchev–Trinajstić information content (AvgIpc) is 3.25. The molecule has 0 bridgehead atoms. The van der Waals surface area contributed by atoms with Gasteiger partial charge in [0.05, 0.1) is 6.42 Å². The summed E-state index contributed by atoms with van der Waals surface area (Å²) in [5.74, 6) is -2.68. The third-order valence-electron chi connectivity index (χ3n) is 11.6. The van der Waals surface area contributed by atoms with Gasteiger partial charge in [0.15, 0.2) is 18.0 Å². The highest BCUT2D eigenvalue weighted by Crippen LogP contribution is 2.68. The van der Waals surface area contributed by atoms with Crippen molar-refractivity contribution in [1.82, 2.24) is 5.32 Å². The normalized spacial score (nSPS) is 34.4. The first-order valence-electron chi connectivity index (χ1n) is 15.8. The number of fused-ring (bicyclic) bond motifs is 5. The summed E-state index contributed by atoms with van der Waals surface area (Å²) in [6.07, 6.45) is 7.67. The predicted octanol–water partition coefficient (Wildman–Crippen LogP) is 4.33. The quantitative estimate of drug-likeness (QED) is 0.330. The molecule has 8 atom stereocenters. The summed E-state index contributed by atoms with van der Waals surface area (Å²) in [6, 6.07) is -1.06. The van der Waals surface area contributed by atoms with E-state index in [9.17, 15) is 33.9 Å². The Morgan fingerprint density at radius 3 is 2.37 bits per heavy atom. The van der Waals surface area contributed by atoms with Crippen molar-refractivity contribution in [3.63, 3.8) is 0 Å². The molecule has 238 valence electrons. The molecule has 3 fully saturated rings. The first-order valence-corrected chi connectivity index (χ1v) is 15.8. The van der Waals surface area contributed by atoms with E-state index in [0.717, 1.165) is 32.1 Å². The number of carbonyl (C=O) groups excluding carboxylic acids is 5. The van der Waals surface area contributed by atoms with Crippen molar-refractivity contribution in [2.45, 2.75) is 117 Å². The number of allylic oxidation sites excluding steroid dienone is 1. The van der Waals surface area contributed by atoms with Crippen LogP contribution in [0.2, 0.25) is 0 Å². The molecule has 4 aliphatic carbocycles. The van der Waals surface area contributed by atoms with Crippen LogP contribution in [0, 0.1) is 34.5 Å². The van der Waals surface area contributed by atoms with Crippen molar-refractivity contribution in [3.05, 3.63) is 11.6 Å². The van der Waals surface area contributed by atoms with Crippen LogP contribution in [0.25, 0.3) is 0 Å². The Labute approximate surface area is 253 Å². The second-order valence-corrected chi connectivity index (χ2v) is 13.7. The third kappa shape index (κ3) is 6.03. The number of carbonyl (C=O) groups is 6. The lowest BCUT2D eigenvalue weighted by atomic mass is 9.46. The van der Waals surface area contributed by atoms with E-state index in [0.29, 0.717) is 37.5 Å². The Hall–Kier alpha value is -3.04. The maximum atomic E-state index is 13.9. The van der Waals surface area contributed by atoms with Crippen LogP contribution >= 0.6 is 0 Å². The third-order valence-corrected chi connectivity index (χ3v) is 11.6. The van der Waals surface area contributed by atoms with Crippen molar-refractivity contribution >= 4 is 35.4 Å². The molecule has 5 unspecified atom stereocenters. The van der Waals surface area contributed by atoms with E-state index in [4.69, 9.17) is 9.47 Å². The standard InChI is InChI=1S/C33H47NO9/c1-6-19(2)29(30(40)41)34-27(38)9-10-28(39)42-18-26(37)33(43-20(3)35)16-13-25-23-8-7-21-17-22(36)11-14-31(21,4)24(23)12-15-32(25,33)5/h17,19,23-25,29H,6-16,18H2,1-5H3,(H,34,38)(H,40,41)/t19?,23?,24?,25?,29?,31-,32-,33-/m0/s1. The first-order chi connectivity index (χ1) is 20.2. The molecule has 0 radical (unpaired) electrons. The SMILES string of the molecule is CCC(C)C(NC(=O)CCC(=O)OCC(=O)[C@@]1(OC(C)=O)CCC2C3CCC4=CC(=O)CC[C@]4(C)C3CC[C@@]21C)C(=O)O. The van der Waals surface area contributed by atoms with E-state index >= 15 is 0 Å². The summed E-state index contributed by atoms with van der Waals surface area (Å²) in [7, 11) is 0. The number of nitrogens with one attached hydrogen (secondary N) is 1. The highest BCUT2D eigenvalue weighted by Gasteiger charge is 2.68. The molecule has 0 saturated heterocycles. The van der Waals surface area contributed by atoms with Gasteiger partial charge in [0.25, 0.3) is 0 Å². The molecule has 0 spiro atoms. The number of carboxylic acids is 1. The highest BCUT2D eigenvalue weighted by molar-refractivity contribution is 5.94. The molecule has 1 amide bonds. The van der Waals surface area contributed by atoms with Gasteiger partial charge in [-0.05, 0) is 80.1 Å². The average molecular weight is 602 g/mol. The molecule has 3 saturated carbocycles. The van der Waals surface area contributed by atoms with E-state index in [1.165, 1.54) is 12.5 Å². The van der Waals surface area contributed by atoms with E-state index in [1.54, 1.807) is 6.92 Å². The molecule has 2 N–H and O–H groups in total. The zero-order valence-corrected chi connectivity index (χ0v) is 26.2. The molecule has 0 aliphatic heterocycles. The highest BCUT2D eigenvalue weighted by atomic mass is 16.6. The van der Waals surface area contributed by atoms with Crippen molar-refractivity contribution in [3.8, 4) is 0 Å². The second kappa shape index (κ2) is 12.5. The van der Waals surface area contributed by atoms with Crippen molar-refractivity contribution in [2.24, 2.45) is 34.5 Å². The van der Waals surface area contributed by atoms with Crippen LogP contribution in [-0.4, -0.2) is 58.7 Å². The minimum absolute atomic E-state index is 0.0320. The smallest absolute Gasteiger partial charge is 0.326 e. The molecule has 0 aromatic rings. The van der Waals surface area contributed by atoms with Gasteiger partial charge in [-0.3, -0.25) is 24.0 Å². The number of esters is 2. The number of rotatable bonds is 11. The molecule has 10 heteroatoms. The molecule has 4 aliphatic rings. The minimum atomic E-state index is -1.41. The van der Waals surface area contributed by atoms with Crippen LogP contribution in [0.4, 0.5) is 0 Å². The molecular weight excluding hydrogens is 554 g/mol. The summed E-state index contributed by atoms with van der Waals surface area (Å²) >= 11 is 0. The summed E-state index contributed by atoms with van der Waals surface area (Å²) < 4.78 is 11.2. The van der Waals surface area contributed by atoms with Gasteiger partial charge in [0.1, 0.15) is 6.04 Å². The number of amides is 1. The lowest BCUT2D eigenvalue weighted by Crippen LogP contribution is -2.59. The van der Waals surface area contributed by atoms with Crippen LogP contribution < -0.4 is 5.32 Å². The van der Waals surface area contributed by atoms with Crippen molar-refractivity contribution in [1.29, 1.82) is 0 Å². The van der Waals surface area contributed by atoms with Crippen molar-refractivity contribution < 1.29 is 43.3 Å². The number of carboxylic acid groups (broad SMARTS) is 1. The van der Waals surface area contributed by atoms with Crippen LogP contribution in [0.3, 0.4) is 0 Å². The monoisotopic (exact) mass is 601 g/mol. The van der Waals surface area contributed by atoms with E-state index < -0.39 is 53.3 Å². The lowest BCUT2D eigenvalue weighted by Gasteiger charge is -2.59. The second-order valence-electron chi connectivity index (χ2n) is 13.7. The molecule has 43 heavy (non-hydrogen) atoms. The Kier molecular flexibility index (Phi) is 9.57. The van der Waals surface area contributed by atoms with E-state index in [1.807, 2.05) is 19.9 Å². The van der Waals surface area contributed by atoms with Crippen LogP contribution in [-0.2, 0) is 38.2 Å². The maximum Gasteiger partial charge on any atom is 0.326 e. The molecule has 4 rings (SSSR count). The molecule has 0 aromatic heterocycles. The fraction of sp³-hybridized carbons (Fsp3) is 0.758. The molecular formula is C33H47NO9. The molecule has 0 aromatic carbocycles. The number of hydrogen-bond donors (Lipinski definition) is 2. The number of ether oxygens (including phenoxy) is 2.